The number of hydrogen-bond acceptors (Lipinski definition) is 2. The van der Waals surface area contributed by atoms with Crippen molar-refractivity contribution in [3.05, 3.63) is 32.8 Å². The Bertz CT molecular complexity index is 503. The molecule has 2 N–H and O–H groups in total. The summed E-state index contributed by atoms with van der Waals surface area (Å²) >= 11 is 18.1. The van der Waals surface area contributed by atoms with Crippen molar-refractivity contribution in [3.63, 3.8) is 0 Å². The maximum absolute atomic E-state index is 11.7. The van der Waals surface area contributed by atoms with Crippen LogP contribution < -0.4 is 10.6 Å². The highest BCUT2D eigenvalue weighted by Gasteiger charge is 2.27. The molecular weight excluding hydrogens is 319 g/mol. The van der Waals surface area contributed by atoms with Crippen LogP contribution in [-0.2, 0) is 4.79 Å². The molecule has 20 heavy (non-hydrogen) atoms. The summed E-state index contributed by atoms with van der Waals surface area (Å²) in [5.74, 6) is -0.0163. The number of nitrogens with one attached hydrogen (secondary N) is 2. The lowest BCUT2D eigenvalue weighted by molar-refractivity contribution is -0.128. The van der Waals surface area contributed by atoms with Crippen molar-refractivity contribution in [1.82, 2.24) is 10.6 Å². The van der Waals surface area contributed by atoms with Crippen LogP contribution in [0.3, 0.4) is 0 Å². The molecule has 3 nitrogen and oxygen atoms in total. The highest BCUT2D eigenvalue weighted by molar-refractivity contribution is 6.48. The number of benzene rings is 1. The molecule has 6 heteroatoms. The molecule has 0 fully saturated rings. The Labute approximate surface area is 135 Å². The van der Waals surface area contributed by atoms with Crippen LogP contribution in [0.4, 0.5) is 0 Å². The molecule has 1 unspecified atom stereocenters. The third-order valence-electron chi connectivity index (χ3n) is 3.22. The largest absolute Gasteiger partial charge is 0.359 e. The summed E-state index contributed by atoms with van der Waals surface area (Å²) in [6, 6.07) is 3.51. The fourth-order valence-electron chi connectivity index (χ4n) is 1.81. The third kappa shape index (κ3) is 4.01. The normalized spacial score (nSPS) is 13.2. The molecule has 1 aromatic carbocycles. The summed E-state index contributed by atoms with van der Waals surface area (Å²) in [6.07, 6.45) is 0. The molecule has 1 rings (SSSR count). The summed E-state index contributed by atoms with van der Waals surface area (Å²) in [4.78, 5) is 11.7. The lowest BCUT2D eigenvalue weighted by Gasteiger charge is -2.26. The van der Waals surface area contributed by atoms with E-state index >= 15 is 0 Å². The van der Waals surface area contributed by atoms with Gasteiger partial charge in [0.1, 0.15) is 0 Å². The molecule has 0 saturated carbocycles. The molecule has 0 aromatic heterocycles. The second kappa shape index (κ2) is 6.99. The second-order valence-electron chi connectivity index (χ2n) is 5.33. The van der Waals surface area contributed by atoms with Gasteiger partial charge in [-0.25, -0.2) is 0 Å². The zero-order valence-electron chi connectivity index (χ0n) is 12.0. The molecule has 0 saturated heterocycles. The predicted molar refractivity (Wildman–Crippen MR) is 85.7 cm³/mol. The van der Waals surface area contributed by atoms with Crippen molar-refractivity contribution in [2.24, 2.45) is 5.41 Å². The van der Waals surface area contributed by atoms with Gasteiger partial charge in [-0.1, -0.05) is 40.9 Å². The van der Waals surface area contributed by atoms with Crippen LogP contribution in [-0.4, -0.2) is 19.5 Å². The van der Waals surface area contributed by atoms with Crippen LogP contribution in [0.1, 0.15) is 32.4 Å². The zero-order chi connectivity index (χ0) is 15.5. The first-order chi connectivity index (χ1) is 9.20. The molecule has 0 aliphatic heterocycles. The van der Waals surface area contributed by atoms with Gasteiger partial charge < -0.3 is 10.6 Å². The third-order valence-corrected chi connectivity index (χ3v) is 4.53. The molecule has 1 amide bonds. The minimum Gasteiger partial charge on any atom is -0.359 e. The smallest absolute Gasteiger partial charge is 0.226 e. The average Bonchev–Trinajstić information content (AvgIpc) is 2.41. The van der Waals surface area contributed by atoms with Gasteiger partial charge >= 0.3 is 0 Å². The molecular formula is C14H19Cl3N2O. The summed E-state index contributed by atoms with van der Waals surface area (Å²) in [7, 11) is 1.63. The molecule has 112 valence electrons. The summed E-state index contributed by atoms with van der Waals surface area (Å²) in [5, 5.41) is 7.17. The standard InChI is InChI=1S/C14H19Cl3N2O/c1-8(19-7-14(2,3)13(20)18-4)9-5-6-10(15)12(17)11(9)16/h5-6,8,19H,7H2,1-4H3,(H,18,20). The number of hydrogen-bond donors (Lipinski definition) is 2. The summed E-state index contributed by atoms with van der Waals surface area (Å²) in [5.41, 5.74) is 0.347. The van der Waals surface area contributed by atoms with E-state index in [2.05, 4.69) is 10.6 Å². The molecule has 0 heterocycles. The van der Waals surface area contributed by atoms with Crippen LogP contribution in [0.2, 0.25) is 15.1 Å². The highest BCUT2D eigenvalue weighted by atomic mass is 35.5. The molecule has 0 aliphatic rings. The maximum atomic E-state index is 11.7. The maximum Gasteiger partial charge on any atom is 0.226 e. The van der Waals surface area contributed by atoms with Crippen molar-refractivity contribution < 1.29 is 4.79 Å². The highest BCUT2D eigenvalue weighted by Crippen LogP contribution is 2.35. The average molecular weight is 338 g/mol. The first-order valence-corrected chi connectivity index (χ1v) is 7.43. The van der Waals surface area contributed by atoms with Crippen LogP contribution in [0.15, 0.2) is 12.1 Å². The predicted octanol–water partition coefficient (Wildman–Crippen LogP) is 4.07. The fourth-order valence-corrected chi connectivity index (χ4v) is 2.52. The van der Waals surface area contributed by atoms with Gasteiger partial charge in [-0.05, 0) is 32.4 Å². The lowest BCUT2D eigenvalue weighted by Crippen LogP contribution is -2.42. The molecule has 0 aliphatic carbocycles. The first-order valence-electron chi connectivity index (χ1n) is 6.29. The number of rotatable bonds is 5. The second-order valence-corrected chi connectivity index (χ2v) is 6.49. The first kappa shape index (κ1) is 17.6. The van der Waals surface area contributed by atoms with Crippen molar-refractivity contribution in [1.29, 1.82) is 0 Å². The van der Waals surface area contributed by atoms with Gasteiger partial charge in [-0.3, -0.25) is 4.79 Å². The summed E-state index contributed by atoms with van der Waals surface area (Å²) < 4.78 is 0. The number of carbonyl (C=O) groups is 1. The summed E-state index contributed by atoms with van der Waals surface area (Å²) in [6.45, 7) is 6.24. The van der Waals surface area contributed by atoms with E-state index in [9.17, 15) is 4.79 Å². The van der Waals surface area contributed by atoms with Crippen molar-refractivity contribution in [2.45, 2.75) is 26.8 Å². The fraction of sp³-hybridized carbons (Fsp3) is 0.500. The molecule has 0 bridgehead atoms. The SMILES string of the molecule is CNC(=O)C(C)(C)CNC(C)c1ccc(Cl)c(Cl)c1Cl. The number of carbonyl (C=O) groups excluding carboxylic acids is 1. The number of halogens is 3. The van der Waals surface area contributed by atoms with Gasteiger partial charge in [-0.2, -0.15) is 0 Å². The van der Waals surface area contributed by atoms with Gasteiger partial charge in [0.25, 0.3) is 0 Å². The Morgan fingerprint density at radius 3 is 2.40 bits per heavy atom. The van der Waals surface area contributed by atoms with Gasteiger partial charge in [0, 0.05) is 19.6 Å². The zero-order valence-corrected chi connectivity index (χ0v) is 14.2. The van der Waals surface area contributed by atoms with Gasteiger partial charge in [0.2, 0.25) is 5.91 Å². The van der Waals surface area contributed by atoms with Crippen LogP contribution >= 0.6 is 34.8 Å². The van der Waals surface area contributed by atoms with E-state index in [4.69, 9.17) is 34.8 Å². The van der Waals surface area contributed by atoms with E-state index < -0.39 is 5.41 Å². The van der Waals surface area contributed by atoms with E-state index in [1.165, 1.54) is 0 Å². The lowest BCUT2D eigenvalue weighted by atomic mass is 9.91. The van der Waals surface area contributed by atoms with Gasteiger partial charge in [0.05, 0.1) is 20.5 Å². The molecule has 1 aromatic rings. The molecule has 0 radical (unpaired) electrons. The molecule has 0 spiro atoms. The Balaban J connectivity index is 2.80. The van der Waals surface area contributed by atoms with Crippen LogP contribution in [0.5, 0.6) is 0 Å². The van der Waals surface area contributed by atoms with E-state index in [1.54, 1.807) is 13.1 Å². The van der Waals surface area contributed by atoms with E-state index in [-0.39, 0.29) is 11.9 Å². The molecule has 1 atom stereocenters. The number of amides is 1. The Morgan fingerprint density at radius 2 is 1.85 bits per heavy atom. The van der Waals surface area contributed by atoms with E-state index in [1.807, 2.05) is 26.8 Å². The van der Waals surface area contributed by atoms with Gasteiger partial charge in [-0.15, -0.1) is 0 Å². The minimum atomic E-state index is -0.508. The van der Waals surface area contributed by atoms with E-state index in [0.29, 0.717) is 21.6 Å². The monoisotopic (exact) mass is 336 g/mol. The van der Waals surface area contributed by atoms with Crippen LogP contribution in [0, 0.1) is 5.41 Å². The Hall–Kier alpha value is -0.480. The quantitative estimate of drug-likeness (QED) is 0.795. The van der Waals surface area contributed by atoms with Crippen molar-refractivity contribution >= 4 is 40.7 Å². The van der Waals surface area contributed by atoms with Crippen LogP contribution in [0.25, 0.3) is 0 Å². The Morgan fingerprint density at radius 1 is 1.25 bits per heavy atom. The van der Waals surface area contributed by atoms with Gasteiger partial charge in [0.15, 0.2) is 0 Å². The van der Waals surface area contributed by atoms with Crippen molar-refractivity contribution in [2.75, 3.05) is 13.6 Å². The van der Waals surface area contributed by atoms with Crippen molar-refractivity contribution in [3.8, 4) is 0 Å². The minimum absolute atomic E-state index is 0.0163. The topological polar surface area (TPSA) is 41.1 Å². The van der Waals surface area contributed by atoms with E-state index in [0.717, 1.165) is 5.56 Å². The Kier molecular flexibility index (Phi) is 6.14.